The van der Waals surface area contributed by atoms with Gasteiger partial charge < -0.3 is 4.98 Å². The quantitative estimate of drug-likeness (QED) is 0.639. The highest BCUT2D eigenvalue weighted by atomic mass is 32.1. The van der Waals surface area contributed by atoms with Crippen LogP contribution in [-0.4, -0.2) is 15.7 Å². The number of hydrogen-bond acceptors (Lipinski definition) is 3. The summed E-state index contributed by atoms with van der Waals surface area (Å²) in [6.45, 7) is 0. The third-order valence-electron chi connectivity index (χ3n) is 1.15. The molecule has 58 valence electrons. The van der Waals surface area contributed by atoms with Crippen molar-refractivity contribution in [2.45, 2.75) is 0 Å². The van der Waals surface area contributed by atoms with Gasteiger partial charge in [-0.1, -0.05) is 12.2 Å². The smallest absolute Gasteiger partial charge is 0.257 e. The summed E-state index contributed by atoms with van der Waals surface area (Å²) in [4.78, 5) is 17.2. The van der Waals surface area contributed by atoms with Crippen molar-refractivity contribution in [1.82, 2.24) is 9.97 Å². The van der Waals surface area contributed by atoms with Gasteiger partial charge in [0, 0.05) is 11.9 Å². The second kappa shape index (κ2) is 3.98. The highest BCUT2D eigenvalue weighted by Crippen LogP contribution is 1.90. The number of rotatable bonds is 2. The van der Waals surface area contributed by atoms with Crippen molar-refractivity contribution in [1.29, 1.82) is 0 Å². The predicted octanol–water partition coefficient (Wildman–Crippen LogP) is 0.713. The number of nitrogens with one attached hydrogen (secondary N) is 1. The average molecular weight is 168 g/mol. The normalized spacial score (nSPS) is 10.6. The SMILES string of the molecule is O=c1[nH]cncc1C=CCS. The van der Waals surface area contributed by atoms with Gasteiger partial charge in [-0.25, -0.2) is 4.98 Å². The van der Waals surface area contributed by atoms with Crippen molar-refractivity contribution in [3.8, 4) is 0 Å². The topological polar surface area (TPSA) is 45.8 Å². The molecule has 3 nitrogen and oxygen atoms in total. The molecule has 0 spiro atoms. The van der Waals surface area contributed by atoms with Gasteiger partial charge in [-0.3, -0.25) is 4.79 Å². The molecular formula is C7H8N2OS. The molecule has 11 heavy (non-hydrogen) atoms. The van der Waals surface area contributed by atoms with Gasteiger partial charge in [0.05, 0.1) is 11.9 Å². The lowest BCUT2D eigenvalue weighted by atomic mass is 10.3. The fourth-order valence-corrected chi connectivity index (χ4v) is 0.759. The van der Waals surface area contributed by atoms with E-state index in [0.29, 0.717) is 11.3 Å². The lowest BCUT2D eigenvalue weighted by Crippen LogP contribution is -2.08. The standard InChI is InChI=1S/C7H8N2OS/c10-7-6(2-1-3-11)4-8-5-9-7/h1-2,4-5,11H,3H2,(H,8,9,10). The third-order valence-corrected chi connectivity index (χ3v) is 1.36. The summed E-state index contributed by atoms with van der Waals surface area (Å²) >= 11 is 3.97. The molecule has 0 aliphatic rings. The van der Waals surface area contributed by atoms with Gasteiger partial charge in [0.25, 0.3) is 5.56 Å². The van der Waals surface area contributed by atoms with E-state index in [4.69, 9.17) is 0 Å². The van der Waals surface area contributed by atoms with Crippen molar-refractivity contribution in [3.05, 3.63) is 34.5 Å². The zero-order valence-corrected chi connectivity index (χ0v) is 6.71. The average Bonchev–Trinajstić information content (AvgIpc) is 2.03. The number of H-pyrrole nitrogens is 1. The van der Waals surface area contributed by atoms with Gasteiger partial charge in [-0.05, 0) is 0 Å². The number of thiol groups is 1. The summed E-state index contributed by atoms with van der Waals surface area (Å²) in [5, 5.41) is 0. The molecule has 0 unspecified atom stereocenters. The van der Waals surface area contributed by atoms with Crippen LogP contribution in [0, 0.1) is 0 Å². The van der Waals surface area contributed by atoms with E-state index < -0.39 is 0 Å². The Morgan fingerprint density at radius 2 is 2.55 bits per heavy atom. The first-order valence-electron chi connectivity index (χ1n) is 3.14. The Kier molecular flexibility index (Phi) is 2.92. The zero-order chi connectivity index (χ0) is 8.10. The summed E-state index contributed by atoms with van der Waals surface area (Å²) in [6.07, 6.45) is 6.35. The molecule has 1 rings (SSSR count). The van der Waals surface area contributed by atoms with E-state index in [1.807, 2.05) is 0 Å². The lowest BCUT2D eigenvalue weighted by Gasteiger charge is -1.87. The molecule has 4 heteroatoms. The van der Waals surface area contributed by atoms with Crippen LogP contribution in [0.4, 0.5) is 0 Å². The summed E-state index contributed by atoms with van der Waals surface area (Å²) in [5.74, 6) is 0.619. The van der Waals surface area contributed by atoms with E-state index >= 15 is 0 Å². The predicted molar refractivity (Wildman–Crippen MR) is 47.7 cm³/mol. The van der Waals surface area contributed by atoms with Crippen molar-refractivity contribution >= 4 is 18.7 Å². The summed E-state index contributed by atoms with van der Waals surface area (Å²) in [6, 6.07) is 0. The van der Waals surface area contributed by atoms with Crippen LogP contribution < -0.4 is 5.56 Å². The highest BCUT2D eigenvalue weighted by Gasteiger charge is 1.90. The third kappa shape index (κ3) is 2.23. The van der Waals surface area contributed by atoms with E-state index in [9.17, 15) is 4.79 Å². The van der Waals surface area contributed by atoms with Crippen molar-refractivity contribution in [3.63, 3.8) is 0 Å². The van der Waals surface area contributed by atoms with E-state index in [2.05, 4.69) is 22.6 Å². The highest BCUT2D eigenvalue weighted by molar-refractivity contribution is 7.80. The summed E-state index contributed by atoms with van der Waals surface area (Å²) in [5.41, 5.74) is 0.430. The molecule has 1 aromatic heterocycles. The second-order valence-corrected chi connectivity index (χ2v) is 2.29. The Morgan fingerprint density at radius 1 is 1.73 bits per heavy atom. The van der Waals surface area contributed by atoms with Crippen LogP contribution in [0.5, 0.6) is 0 Å². The summed E-state index contributed by atoms with van der Waals surface area (Å²) in [7, 11) is 0. The Morgan fingerprint density at radius 3 is 3.18 bits per heavy atom. The van der Waals surface area contributed by atoms with E-state index in [-0.39, 0.29) is 5.56 Å². The number of aromatic amines is 1. The Hall–Kier alpha value is -1.03. The van der Waals surface area contributed by atoms with Gasteiger partial charge in [0.15, 0.2) is 0 Å². The maximum absolute atomic E-state index is 11.0. The molecule has 1 heterocycles. The Bertz CT molecular complexity index is 305. The Labute approximate surface area is 69.6 Å². The van der Waals surface area contributed by atoms with Crippen LogP contribution in [-0.2, 0) is 0 Å². The molecule has 0 saturated carbocycles. The fourth-order valence-electron chi connectivity index (χ4n) is 0.654. The molecule has 0 amide bonds. The van der Waals surface area contributed by atoms with Crippen molar-refractivity contribution < 1.29 is 0 Å². The largest absolute Gasteiger partial charge is 0.313 e. The minimum Gasteiger partial charge on any atom is -0.313 e. The molecule has 0 radical (unpaired) electrons. The molecule has 1 N–H and O–H groups in total. The molecule has 0 bridgehead atoms. The van der Waals surface area contributed by atoms with E-state index in [1.54, 1.807) is 12.2 Å². The molecule has 0 fully saturated rings. The van der Waals surface area contributed by atoms with Crippen LogP contribution in [0.1, 0.15) is 5.56 Å². The first-order chi connectivity index (χ1) is 5.34. The van der Waals surface area contributed by atoms with Crippen molar-refractivity contribution in [2.24, 2.45) is 0 Å². The molecule has 0 atom stereocenters. The molecular weight excluding hydrogens is 160 g/mol. The monoisotopic (exact) mass is 168 g/mol. The van der Waals surface area contributed by atoms with Gasteiger partial charge in [-0.15, -0.1) is 0 Å². The van der Waals surface area contributed by atoms with Gasteiger partial charge in [-0.2, -0.15) is 12.6 Å². The van der Waals surface area contributed by atoms with Crippen molar-refractivity contribution in [2.75, 3.05) is 5.75 Å². The molecule has 0 aliphatic carbocycles. The van der Waals surface area contributed by atoms with Crippen LogP contribution in [0.2, 0.25) is 0 Å². The van der Waals surface area contributed by atoms with E-state index in [0.717, 1.165) is 0 Å². The minimum absolute atomic E-state index is 0.127. The van der Waals surface area contributed by atoms with E-state index in [1.165, 1.54) is 12.5 Å². The molecule has 1 aromatic rings. The molecule has 0 aromatic carbocycles. The maximum Gasteiger partial charge on any atom is 0.257 e. The zero-order valence-electron chi connectivity index (χ0n) is 5.82. The van der Waals surface area contributed by atoms with Gasteiger partial charge >= 0.3 is 0 Å². The van der Waals surface area contributed by atoms with Crippen LogP contribution in [0.15, 0.2) is 23.4 Å². The molecule has 0 saturated heterocycles. The minimum atomic E-state index is -0.127. The van der Waals surface area contributed by atoms with Crippen LogP contribution in [0.25, 0.3) is 6.08 Å². The van der Waals surface area contributed by atoms with Crippen LogP contribution >= 0.6 is 12.6 Å². The fraction of sp³-hybridized carbons (Fsp3) is 0.143. The molecule has 0 aliphatic heterocycles. The lowest BCUT2D eigenvalue weighted by molar-refractivity contribution is 1.11. The van der Waals surface area contributed by atoms with Gasteiger partial charge in [0.1, 0.15) is 0 Å². The maximum atomic E-state index is 11.0. The van der Waals surface area contributed by atoms with Gasteiger partial charge in [0.2, 0.25) is 0 Å². The second-order valence-electron chi connectivity index (χ2n) is 1.92. The first kappa shape index (κ1) is 8.07. The first-order valence-corrected chi connectivity index (χ1v) is 3.78. The summed E-state index contributed by atoms with van der Waals surface area (Å²) < 4.78 is 0. The number of hydrogen-bond donors (Lipinski definition) is 2. The number of aromatic nitrogens is 2. The van der Waals surface area contributed by atoms with Crippen LogP contribution in [0.3, 0.4) is 0 Å². The number of nitrogens with zero attached hydrogens (tertiary/aromatic N) is 1. The Balaban J connectivity index is 2.95.